The summed E-state index contributed by atoms with van der Waals surface area (Å²) in [5.41, 5.74) is -0.502. The Labute approximate surface area is 137 Å². The second-order valence-electron chi connectivity index (χ2n) is 4.25. The average Bonchev–Trinajstić information content (AvgIpc) is 2.42. The third-order valence-corrected chi connectivity index (χ3v) is 3.67. The number of carbonyl (C=O) groups is 1. The van der Waals surface area contributed by atoms with E-state index in [0.29, 0.717) is 10.7 Å². The summed E-state index contributed by atoms with van der Waals surface area (Å²) >= 11 is 8.71. The van der Waals surface area contributed by atoms with Crippen molar-refractivity contribution >= 4 is 44.9 Å². The number of hydrogen-bond acceptors (Lipinski definition) is 1. The molecule has 0 spiro atoms. The molecule has 0 heterocycles. The number of benzene rings is 2. The van der Waals surface area contributed by atoms with Crippen LogP contribution in [0.1, 0.15) is 5.56 Å². The lowest BCUT2D eigenvalue weighted by atomic mass is 10.2. The molecule has 2 aromatic carbocycles. The molecule has 3 nitrogen and oxygen atoms in total. The first-order valence-electron chi connectivity index (χ1n) is 5.96. The Morgan fingerprint density at radius 1 is 1.09 bits per heavy atom. The molecule has 0 aliphatic heterocycles. The quantitative estimate of drug-likeness (QED) is 0.668. The molecule has 0 radical (unpaired) electrons. The molecule has 0 aliphatic rings. The summed E-state index contributed by atoms with van der Waals surface area (Å²) in [4.78, 5) is 11.8. The van der Waals surface area contributed by atoms with Crippen LogP contribution in [0.4, 0.5) is 29.3 Å². The standard InChI is InChI=1S/C14H9BrClF3N2O/c15-10-6-5-8(7-9(10)14(17,18)19)20-13(22)21-12-4-2-1-3-11(12)16/h1-7H,(H2,20,21,22). The molecule has 8 heteroatoms. The first-order chi connectivity index (χ1) is 10.3. The van der Waals surface area contributed by atoms with E-state index in [9.17, 15) is 18.0 Å². The fraction of sp³-hybridized carbons (Fsp3) is 0.0714. The van der Waals surface area contributed by atoms with Crippen molar-refractivity contribution in [1.82, 2.24) is 0 Å². The minimum Gasteiger partial charge on any atom is -0.308 e. The van der Waals surface area contributed by atoms with Gasteiger partial charge in [0.05, 0.1) is 16.3 Å². The second-order valence-corrected chi connectivity index (χ2v) is 5.51. The minimum atomic E-state index is -4.52. The lowest BCUT2D eigenvalue weighted by Crippen LogP contribution is -2.20. The van der Waals surface area contributed by atoms with Gasteiger partial charge in [-0.3, -0.25) is 0 Å². The number of para-hydroxylation sites is 1. The number of nitrogens with one attached hydrogen (secondary N) is 2. The number of urea groups is 1. The third kappa shape index (κ3) is 4.14. The smallest absolute Gasteiger partial charge is 0.308 e. The molecule has 2 aromatic rings. The first kappa shape index (κ1) is 16.6. The normalized spacial score (nSPS) is 11.1. The van der Waals surface area contributed by atoms with E-state index in [4.69, 9.17) is 11.6 Å². The monoisotopic (exact) mass is 392 g/mol. The van der Waals surface area contributed by atoms with Crippen molar-refractivity contribution in [2.75, 3.05) is 10.6 Å². The maximum Gasteiger partial charge on any atom is 0.417 e. The number of amides is 2. The molecule has 0 aliphatic carbocycles. The van der Waals surface area contributed by atoms with Gasteiger partial charge in [0.25, 0.3) is 0 Å². The number of alkyl halides is 3. The van der Waals surface area contributed by atoms with Crippen molar-refractivity contribution in [2.24, 2.45) is 0 Å². The second kappa shape index (κ2) is 6.58. The summed E-state index contributed by atoms with van der Waals surface area (Å²) < 4.78 is 38.3. The Morgan fingerprint density at radius 3 is 2.41 bits per heavy atom. The Balaban J connectivity index is 2.14. The number of anilines is 2. The summed E-state index contributed by atoms with van der Waals surface area (Å²) in [5.74, 6) is 0. The van der Waals surface area contributed by atoms with Gasteiger partial charge in [-0.15, -0.1) is 0 Å². The fourth-order valence-corrected chi connectivity index (χ4v) is 2.32. The zero-order valence-electron chi connectivity index (χ0n) is 10.8. The van der Waals surface area contributed by atoms with Crippen LogP contribution in [0.15, 0.2) is 46.9 Å². The van der Waals surface area contributed by atoms with Gasteiger partial charge in [0, 0.05) is 10.2 Å². The van der Waals surface area contributed by atoms with Crippen LogP contribution >= 0.6 is 27.5 Å². The molecule has 116 valence electrons. The van der Waals surface area contributed by atoms with Gasteiger partial charge in [0.2, 0.25) is 0 Å². The van der Waals surface area contributed by atoms with Gasteiger partial charge in [-0.05, 0) is 30.3 Å². The summed E-state index contributed by atoms with van der Waals surface area (Å²) in [6.45, 7) is 0. The zero-order valence-corrected chi connectivity index (χ0v) is 13.2. The van der Waals surface area contributed by atoms with Crippen LogP contribution in [0.5, 0.6) is 0 Å². The van der Waals surface area contributed by atoms with E-state index in [1.807, 2.05) is 0 Å². The van der Waals surface area contributed by atoms with E-state index < -0.39 is 17.8 Å². The zero-order chi connectivity index (χ0) is 16.3. The Hall–Kier alpha value is -1.73. The minimum absolute atomic E-state index is 0.0140. The molecular formula is C14H9BrClF3N2O. The molecule has 0 fully saturated rings. The van der Waals surface area contributed by atoms with Crippen LogP contribution in [0, 0.1) is 0 Å². The Morgan fingerprint density at radius 2 is 1.77 bits per heavy atom. The maximum atomic E-state index is 12.8. The highest BCUT2D eigenvalue weighted by molar-refractivity contribution is 9.10. The van der Waals surface area contributed by atoms with Crippen LogP contribution in [-0.4, -0.2) is 6.03 Å². The molecule has 0 bridgehead atoms. The van der Waals surface area contributed by atoms with Crippen LogP contribution in [0.3, 0.4) is 0 Å². The van der Waals surface area contributed by atoms with E-state index in [2.05, 4.69) is 26.6 Å². The van der Waals surface area contributed by atoms with Gasteiger partial charge in [-0.1, -0.05) is 39.7 Å². The van der Waals surface area contributed by atoms with Gasteiger partial charge in [-0.25, -0.2) is 4.79 Å². The van der Waals surface area contributed by atoms with Gasteiger partial charge in [0.15, 0.2) is 0 Å². The van der Waals surface area contributed by atoms with E-state index in [0.717, 1.165) is 6.07 Å². The molecule has 0 unspecified atom stereocenters. The Kier molecular flexibility index (Phi) is 4.97. The topological polar surface area (TPSA) is 41.1 Å². The molecular weight excluding hydrogens is 385 g/mol. The number of halogens is 5. The van der Waals surface area contributed by atoms with Gasteiger partial charge < -0.3 is 10.6 Å². The van der Waals surface area contributed by atoms with Crippen LogP contribution < -0.4 is 10.6 Å². The summed E-state index contributed by atoms with van der Waals surface area (Å²) in [6.07, 6.45) is -4.52. The Bertz CT molecular complexity index is 707. The highest BCUT2D eigenvalue weighted by Gasteiger charge is 2.33. The van der Waals surface area contributed by atoms with Crippen molar-refractivity contribution in [3.63, 3.8) is 0 Å². The molecule has 0 saturated heterocycles. The molecule has 0 saturated carbocycles. The fourth-order valence-electron chi connectivity index (χ4n) is 1.67. The predicted molar refractivity (Wildman–Crippen MR) is 83.2 cm³/mol. The average molecular weight is 394 g/mol. The molecule has 22 heavy (non-hydrogen) atoms. The number of hydrogen-bond donors (Lipinski definition) is 2. The number of carbonyl (C=O) groups excluding carboxylic acids is 1. The maximum absolute atomic E-state index is 12.8. The predicted octanol–water partition coefficient (Wildman–Crippen LogP) is 5.77. The van der Waals surface area contributed by atoms with Gasteiger partial charge in [0.1, 0.15) is 0 Å². The molecule has 0 atom stereocenters. The van der Waals surface area contributed by atoms with Gasteiger partial charge in [-0.2, -0.15) is 13.2 Å². The van der Waals surface area contributed by atoms with Crippen molar-refractivity contribution in [3.05, 3.63) is 57.5 Å². The van der Waals surface area contributed by atoms with E-state index >= 15 is 0 Å². The summed E-state index contributed by atoms with van der Waals surface area (Å²) in [5, 5.41) is 5.11. The lowest BCUT2D eigenvalue weighted by molar-refractivity contribution is -0.138. The van der Waals surface area contributed by atoms with Crippen LogP contribution in [0.2, 0.25) is 5.02 Å². The SMILES string of the molecule is O=C(Nc1ccc(Br)c(C(F)(F)F)c1)Nc1ccccc1Cl. The molecule has 2 rings (SSSR count). The number of rotatable bonds is 2. The van der Waals surface area contributed by atoms with E-state index in [1.54, 1.807) is 24.3 Å². The van der Waals surface area contributed by atoms with Crippen molar-refractivity contribution in [2.45, 2.75) is 6.18 Å². The molecule has 2 amide bonds. The van der Waals surface area contributed by atoms with Crippen LogP contribution in [-0.2, 0) is 6.18 Å². The molecule has 2 N–H and O–H groups in total. The first-order valence-corrected chi connectivity index (χ1v) is 7.14. The van der Waals surface area contributed by atoms with Gasteiger partial charge >= 0.3 is 12.2 Å². The van der Waals surface area contributed by atoms with Crippen molar-refractivity contribution < 1.29 is 18.0 Å². The van der Waals surface area contributed by atoms with E-state index in [1.165, 1.54) is 12.1 Å². The molecule has 0 aromatic heterocycles. The third-order valence-electron chi connectivity index (χ3n) is 2.65. The van der Waals surface area contributed by atoms with E-state index in [-0.39, 0.29) is 10.2 Å². The highest BCUT2D eigenvalue weighted by atomic mass is 79.9. The summed E-state index contributed by atoms with van der Waals surface area (Å²) in [7, 11) is 0. The van der Waals surface area contributed by atoms with Crippen molar-refractivity contribution in [3.8, 4) is 0 Å². The lowest BCUT2D eigenvalue weighted by Gasteiger charge is -2.13. The summed E-state index contributed by atoms with van der Waals surface area (Å²) in [6, 6.07) is 9.24. The van der Waals surface area contributed by atoms with Crippen LogP contribution in [0.25, 0.3) is 0 Å². The largest absolute Gasteiger partial charge is 0.417 e. The highest BCUT2D eigenvalue weighted by Crippen LogP contribution is 2.36. The van der Waals surface area contributed by atoms with Crippen molar-refractivity contribution in [1.29, 1.82) is 0 Å².